The van der Waals surface area contributed by atoms with Crippen LogP contribution in [0.1, 0.15) is 6.92 Å². The Hall–Kier alpha value is -2.45. The van der Waals surface area contributed by atoms with Crippen LogP contribution < -0.4 is 13.8 Å². The third kappa shape index (κ3) is 4.84. The molecule has 0 aliphatic heterocycles. The molecule has 0 aromatic heterocycles. The lowest BCUT2D eigenvalue weighted by Crippen LogP contribution is -2.36. The summed E-state index contributed by atoms with van der Waals surface area (Å²) in [6, 6.07) is 10.4. The second-order valence-corrected chi connectivity index (χ2v) is 7.58. The summed E-state index contributed by atoms with van der Waals surface area (Å²) >= 11 is 6.07. The Kier molecular flexibility index (Phi) is 6.92. The summed E-state index contributed by atoms with van der Waals surface area (Å²) in [6.07, 6.45) is 0. The second kappa shape index (κ2) is 8.96. The monoisotopic (exact) mass is 413 g/mol. The van der Waals surface area contributed by atoms with Gasteiger partial charge in [0.15, 0.2) is 0 Å². The van der Waals surface area contributed by atoms with Crippen molar-refractivity contribution in [2.45, 2.75) is 11.8 Å². The molecule has 0 N–H and O–H groups in total. The Morgan fingerprint density at radius 3 is 2.26 bits per heavy atom. The quantitative estimate of drug-likeness (QED) is 0.618. The first-order valence-electron chi connectivity index (χ1n) is 7.99. The maximum atomic E-state index is 13.2. The number of ether oxygens (including phenoxy) is 3. The van der Waals surface area contributed by atoms with E-state index in [0.29, 0.717) is 11.5 Å². The molecule has 0 unspecified atom stereocenters. The lowest BCUT2D eigenvalue weighted by atomic mass is 10.3. The van der Waals surface area contributed by atoms with Gasteiger partial charge in [0.25, 0.3) is 10.0 Å². The van der Waals surface area contributed by atoms with Gasteiger partial charge >= 0.3 is 5.97 Å². The van der Waals surface area contributed by atoms with Crippen LogP contribution in [0.15, 0.2) is 47.4 Å². The SMILES string of the molecule is CCOC(=O)CN(c1ccc(OC)cc1)S(=O)(=O)c1ccc(OC)c(Cl)c1. The standard InChI is InChI=1S/C18H20ClNO6S/c1-4-26-18(21)12-20(13-5-7-14(24-2)8-6-13)27(22,23)15-9-10-17(25-3)16(19)11-15/h5-11H,4,12H2,1-3H3. The van der Waals surface area contributed by atoms with Crippen molar-refractivity contribution in [3.63, 3.8) is 0 Å². The third-order valence-electron chi connectivity index (χ3n) is 3.65. The lowest BCUT2D eigenvalue weighted by molar-refractivity contribution is -0.141. The lowest BCUT2D eigenvalue weighted by Gasteiger charge is -2.24. The van der Waals surface area contributed by atoms with E-state index in [1.807, 2.05) is 0 Å². The molecule has 0 spiro atoms. The zero-order chi connectivity index (χ0) is 20.0. The van der Waals surface area contributed by atoms with E-state index in [2.05, 4.69) is 0 Å². The molecule has 0 aliphatic carbocycles. The van der Waals surface area contributed by atoms with Gasteiger partial charge in [-0.3, -0.25) is 9.10 Å². The Bertz CT molecular complexity index is 899. The summed E-state index contributed by atoms with van der Waals surface area (Å²) in [6.45, 7) is 1.31. The molecule has 27 heavy (non-hydrogen) atoms. The molecule has 2 aromatic carbocycles. The first-order chi connectivity index (χ1) is 12.8. The Balaban J connectivity index is 2.49. The summed E-state index contributed by atoms with van der Waals surface area (Å²) in [4.78, 5) is 11.9. The first-order valence-corrected chi connectivity index (χ1v) is 9.81. The van der Waals surface area contributed by atoms with E-state index in [0.717, 1.165) is 4.31 Å². The minimum atomic E-state index is -4.08. The van der Waals surface area contributed by atoms with Gasteiger partial charge < -0.3 is 14.2 Å². The van der Waals surface area contributed by atoms with E-state index in [1.54, 1.807) is 31.2 Å². The van der Waals surface area contributed by atoms with Gasteiger partial charge in [-0.25, -0.2) is 8.42 Å². The zero-order valence-corrected chi connectivity index (χ0v) is 16.7. The highest BCUT2D eigenvalue weighted by atomic mass is 35.5. The molecular formula is C18H20ClNO6S. The predicted octanol–water partition coefficient (Wildman–Crippen LogP) is 3.12. The summed E-state index contributed by atoms with van der Waals surface area (Å²) < 4.78 is 42.3. The highest BCUT2D eigenvalue weighted by Gasteiger charge is 2.28. The summed E-state index contributed by atoms with van der Waals surface area (Å²) in [5.74, 6) is 0.230. The molecule has 2 aromatic rings. The Labute approximate surface area is 163 Å². The van der Waals surface area contributed by atoms with Gasteiger partial charge in [-0.05, 0) is 49.4 Å². The zero-order valence-electron chi connectivity index (χ0n) is 15.1. The number of rotatable bonds is 8. The van der Waals surface area contributed by atoms with Gasteiger partial charge in [0.05, 0.1) is 36.4 Å². The fourth-order valence-corrected chi connectivity index (χ4v) is 4.08. The van der Waals surface area contributed by atoms with E-state index in [4.69, 9.17) is 25.8 Å². The van der Waals surface area contributed by atoms with Crippen molar-refractivity contribution in [1.29, 1.82) is 0 Å². The van der Waals surface area contributed by atoms with Crippen LogP contribution in [0.2, 0.25) is 5.02 Å². The molecule has 9 heteroatoms. The molecule has 0 heterocycles. The molecule has 0 atom stereocenters. The second-order valence-electron chi connectivity index (χ2n) is 5.31. The first kappa shape index (κ1) is 20.9. The predicted molar refractivity (Wildman–Crippen MR) is 102 cm³/mol. The minimum absolute atomic E-state index is 0.0755. The number of hydrogen-bond donors (Lipinski definition) is 0. The largest absolute Gasteiger partial charge is 0.497 e. The van der Waals surface area contributed by atoms with Crippen LogP contribution in [0, 0.1) is 0 Å². The Morgan fingerprint density at radius 2 is 1.74 bits per heavy atom. The average Bonchev–Trinajstić information content (AvgIpc) is 2.66. The highest BCUT2D eigenvalue weighted by Crippen LogP contribution is 2.31. The maximum Gasteiger partial charge on any atom is 0.326 e. The normalized spacial score (nSPS) is 11.0. The smallest absolute Gasteiger partial charge is 0.326 e. The van der Waals surface area contributed by atoms with Crippen molar-refractivity contribution in [1.82, 2.24) is 0 Å². The van der Waals surface area contributed by atoms with Crippen LogP contribution in [0.25, 0.3) is 0 Å². The summed E-state index contributed by atoms with van der Waals surface area (Å²) in [7, 11) is -1.15. The number of sulfonamides is 1. The van der Waals surface area contributed by atoms with Gasteiger partial charge in [-0.1, -0.05) is 11.6 Å². The molecule has 0 aliphatic rings. The van der Waals surface area contributed by atoms with Gasteiger partial charge in [0.2, 0.25) is 0 Å². The fourth-order valence-electron chi connectivity index (χ4n) is 2.32. The molecule has 0 saturated carbocycles. The van der Waals surface area contributed by atoms with Gasteiger partial charge in [-0.15, -0.1) is 0 Å². The maximum absolute atomic E-state index is 13.2. The van der Waals surface area contributed by atoms with E-state index in [-0.39, 0.29) is 22.2 Å². The number of carbonyl (C=O) groups excluding carboxylic acids is 1. The van der Waals surface area contributed by atoms with Crippen LogP contribution in [0.5, 0.6) is 11.5 Å². The van der Waals surface area contributed by atoms with Crippen LogP contribution in [-0.4, -0.2) is 41.8 Å². The topological polar surface area (TPSA) is 82.1 Å². The number of nitrogens with zero attached hydrogens (tertiary/aromatic N) is 1. The minimum Gasteiger partial charge on any atom is -0.497 e. The molecule has 146 valence electrons. The van der Waals surface area contributed by atoms with Crippen LogP contribution in [0.3, 0.4) is 0 Å². The van der Waals surface area contributed by atoms with E-state index in [1.165, 1.54) is 32.4 Å². The van der Waals surface area contributed by atoms with Crippen molar-refractivity contribution >= 4 is 33.3 Å². The number of methoxy groups -OCH3 is 2. The van der Waals surface area contributed by atoms with E-state index >= 15 is 0 Å². The Morgan fingerprint density at radius 1 is 1.07 bits per heavy atom. The molecule has 0 radical (unpaired) electrons. The summed E-state index contributed by atoms with van der Waals surface area (Å²) in [5, 5.41) is 0.143. The van der Waals surface area contributed by atoms with Gasteiger partial charge in [0, 0.05) is 0 Å². The van der Waals surface area contributed by atoms with E-state index in [9.17, 15) is 13.2 Å². The molecule has 0 fully saturated rings. The number of carbonyl (C=O) groups is 1. The third-order valence-corrected chi connectivity index (χ3v) is 5.71. The van der Waals surface area contributed by atoms with Crippen LogP contribution >= 0.6 is 11.6 Å². The van der Waals surface area contributed by atoms with Crippen molar-refractivity contribution in [3.8, 4) is 11.5 Å². The molecular weight excluding hydrogens is 394 g/mol. The number of anilines is 1. The molecule has 0 saturated heterocycles. The molecule has 2 rings (SSSR count). The van der Waals surface area contributed by atoms with Crippen molar-refractivity contribution in [2.75, 3.05) is 31.7 Å². The van der Waals surface area contributed by atoms with Crippen molar-refractivity contribution < 1.29 is 27.4 Å². The van der Waals surface area contributed by atoms with Crippen molar-refractivity contribution in [2.24, 2.45) is 0 Å². The van der Waals surface area contributed by atoms with Crippen molar-refractivity contribution in [3.05, 3.63) is 47.5 Å². The fraction of sp³-hybridized carbons (Fsp3) is 0.278. The molecule has 7 nitrogen and oxygen atoms in total. The number of halogens is 1. The van der Waals surface area contributed by atoms with Gasteiger partial charge in [0.1, 0.15) is 18.0 Å². The summed E-state index contributed by atoms with van der Waals surface area (Å²) in [5.41, 5.74) is 0.288. The average molecular weight is 414 g/mol. The van der Waals surface area contributed by atoms with E-state index < -0.39 is 22.5 Å². The van der Waals surface area contributed by atoms with Gasteiger partial charge in [-0.2, -0.15) is 0 Å². The number of esters is 1. The number of benzene rings is 2. The van der Waals surface area contributed by atoms with Crippen LogP contribution in [0.4, 0.5) is 5.69 Å². The number of hydrogen-bond acceptors (Lipinski definition) is 6. The molecule has 0 amide bonds. The van der Waals surface area contributed by atoms with Crippen LogP contribution in [-0.2, 0) is 19.6 Å². The highest BCUT2D eigenvalue weighted by molar-refractivity contribution is 7.92. The molecule has 0 bridgehead atoms.